The molecule has 2 N–H and O–H groups in total. The number of aromatic nitrogens is 2. The average Bonchev–Trinajstić information content (AvgIpc) is 3.17. The van der Waals surface area contributed by atoms with Crippen molar-refractivity contribution in [2.24, 2.45) is 5.73 Å². The summed E-state index contributed by atoms with van der Waals surface area (Å²) in [5, 5.41) is 4.09. The Morgan fingerprint density at radius 3 is 2.68 bits per heavy atom. The zero-order valence-electron chi connectivity index (χ0n) is 12.4. The second kappa shape index (κ2) is 5.28. The third-order valence-corrected chi connectivity index (χ3v) is 4.37. The first-order chi connectivity index (χ1) is 10.7. The molecule has 0 atom stereocenters. The van der Waals surface area contributed by atoms with Crippen LogP contribution in [0.15, 0.2) is 22.7 Å². The number of benzene rings is 1. The number of fused-ring (bicyclic) bond motifs is 1. The number of rotatable bonds is 3. The fourth-order valence-electron chi connectivity index (χ4n) is 3.13. The first-order valence-electron chi connectivity index (χ1n) is 7.73. The van der Waals surface area contributed by atoms with Crippen molar-refractivity contribution >= 4 is 0 Å². The summed E-state index contributed by atoms with van der Waals surface area (Å²) < 4.78 is 16.5. The van der Waals surface area contributed by atoms with Crippen LogP contribution in [0.2, 0.25) is 0 Å². The molecule has 0 saturated heterocycles. The van der Waals surface area contributed by atoms with E-state index in [0.29, 0.717) is 31.3 Å². The number of hydrogen-bond donors (Lipinski definition) is 1. The van der Waals surface area contributed by atoms with Gasteiger partial charge in [-0.2, -0.15) is 4.98 Å². The average molecular weight is 301 g/mol. The maximum absolute atomic E-state index is 6.36. The summed E-state index contributed by atoms with van der Waals surface area (Å²) in [7, 11) is 0. The van der Waals surface area contributed by atoms with E-state index in [1.807, 2.05) is 18.2 Å². The Morgan fingerprint density at radius 1 is 1.09 bits per heavy atom. The fraction of sp³-hybridized carbons (Fsp3) is 0.500. The van der Waals surface area contributed by atoms with Gasteiger partial charge < -0.3 is 19.7 Å². The van der Waals surface area contributed by atoms with Crippen LogP contribution in [0, 0.1) is 0 Å². The Bertz CT molecular complexity index is 677. The van der Waals surface area contributed by atoms with Crippen molar-refractivity contribution < 1.29 is 14.0 Å². The van der Waals surface area contributed by atoms with E-state index in [1.165, 1.54) is 0 Å². The molecule has 1 saturated carbocycles. The molecular formula is C16H19N3O3. The molecule has 1 aromatic heterocycles. The van der Waals surface area contributed by atoms with Gasteiger partial charge in [0.2, 0.25) is 5.89 Å². The molecule has 0 radical (unpaired) electrons. The summed E-state index contributed by atoms with van der Waals surface area (Å²) in [5.41, 5.74) is 7.00. The maximum atomic E-state index is 6.36. The molecule has 2 aromatic rings. The van der Waals surface area contributed by atoms with Gasteiger partial charge in [-0.05, 0) is 30.5 Å². The first kappa shape index (κ1) is 13.6. The molecule has 4 rings (SSSR count). The number of nitrogens with two attached hydrogens (primary N) is 1. The molecule has 0 spiro atoms. The summed E-state index contributed by atoms with van der Waals surface area (Å²) >= 11 is 0. The van der Waals surface area contributed by atoms with Gasteiger partial charge in [0.1, 0.15) is 13.2 Å². The number of nitrogens with zero attached hydrogens (tertiary/aromatic N) is 2. The summed E-state index contributed by atoms with van der Waals surface area (Å²) in [6.45, 7) is 1.18. The molecular weight excluding hydrogens is 282 g/mol. The highest BCUT2D eigenvalue weighted by Crippen LogP contribution is 2.35. The van der Waals surface area contributed by atoms with Crippen LogP contribution in [0.3, 0.4) is 0 Å². The van der Waals surface area contributed by atoms with Gasteiger partial charge in [0.15, 0.2) is 17.3 Å². The minimum absolute atomic E-state index is 0.408. The molecule has 2 aliphatic rings. The van der Waals surface area contributed by atoms with Gasteiger partial charge in [0.05, 0.1) is 12.0 Å². The molecule has 0 unspecified atom stereocenters. The predicted octanol–water partition coefficient (Wildman–Crippen LogP) is 2.16. The third-order valence-electron chi connectivity index (χ3n) is 4.37. The van der Waals surface area contributed by atoms with E-state index in [0.717, 1.165) is 42.7 Å². The van der Waals surface area contributed by atoms with E-state index < -0.39 is 5.54 Å². The lowest BCUT2D eigenvalue weighted by Gasteiger charge is -2.18. The summed E-state index contributed by atoms with van der Waals surface area (Å²) in [4.78, 5) is 4.50. The van der Waals surface area contributed by atoms with Crippen LogP contribution >= 0.6 is 0 Å². The van der Waals surface area contributed by atoms with Crippen molar-refractivity contribution in [2.45, 2.75) is 37.6 Å². The minimum Gasteiger partial charge on any atom is -0.486 e. The second-order valence-electron chi connectivity index (χ2n) is 6.03. The van der Waals surface area contributed by atoms with Crippen molar-refractivity contribution in [3.8, 4) is 11.5 Å². The predicted molar refractivity (Wildman–Crippen MR) is 78.9 cm³/mol. The normalized spacial score (nSPS) is 19.3. The first-order valence-corrected chi connectivity index (χ1v) is 7.73. The van der Waals surface area contributed by atoms with E-state index in [9.17, 15) is 0 Å². The van der Waals surface area contributed by atoms with Crippen molar-refractivity contribution in [1.82, 2.24) is 10.1 Å². The van der Waals surface area contributed by atoms with Crippen molar-refractivity contribution in [1.29, 1.82) is 0 Å². The molecule has 1 aliphatic carbocycles. The van der Waals surface area contributed by atoms with Crippen molar-refractivity contribution in [2.75, 3.05) is 13.2 Å². The quantitative estimate of drug-likeness (QED) is 0.935. The summed E-state index contributed by atoms with van der Waals surface area (Å²) in [5.74, 6) is 2.78. The third kappa shape index (κ3) is 2.43. The molecule has 116 valence electrons. The van der Waals surface area contributed by atoms with Crippen LogP contribution in [0.4, 0.5) is 0 Å². The molecule has 0 bridgehead atoms. The zero-order valence-corrected chi connectivity index (χ0v) is 12.4. The molecule has 1 fully saturated rings. The molecule has 1 aromatic carbocycles. The zero-order chi connectivity index (χ0) is 15.0. The second-order valence-corrected chi connectivity index (χ2v) is 6.03. The van der Waals surface area contributed by atoms with E-state index >= 15 is 0 Å². The molecule has 6 heteroatoms. The van der Waals surface area contributed by atoms with Gasteiger partial charge >= 0.3 is 0 Å². The largest absolute Gasteiger partial charge is 0.486 e. The Kier molecular flexibility index (Phi) is 3.26. The molecule has 6 nitrogen and oxygen atoms in total. The Morgan fingerprint density at radius 2 is 1.86 bits per heavy atom. The highest BCUT2D eigenvalue weighted by atomic mass is 16.6. The van der Waals surface area contributed by atoms with Gasteiger partial charge in [0.25, 0.3) is 0 Å². The van der Waals surface area contributed by atoms with Crippen LogP contribution in [-0.4, -0.2) is 23.4 Å². The van der Waals surface area contributed by atoms with Gasteiger partial charge in [-0.15, -0.1) is 0 Å². The standard InChI is InChI=1S/C16H19N3O3/c17-16(5-1-2-6-16)15-18-14(22-19-15)10-11-3-4-12-13(9-11)21-8-7-20-12/h3-4,9H,1-2,5-8,10,17H2. The van der Waals surface area contributed by atoms with Crippen molar-refractivity contribution in [3.05, 3.63) is 35.5 Å². The molecule has 0 amide bonds. The van der Waals surface area contributed by atoms with Gasteiger partial charge in [-0.25, -0.2) is 0 Å². The molecule has 2 heterocycles. The van der Waals surface area contributed by atoms with Gasteiger partial charge in [-0.3, -0.25) is 0 Å². The van der Waals surface area contributed by atoms with Gasteiger partial charge in [-0.1, -0.05) is 24.1 Å². The lowest BCUT2D eigenvalue weighted by molar-refractivity contribution is 0.171. The Labute approximate surface area is 128 Å². The fourth-order valence-corrected chi connectivity index (χ4v) is 3.13. The van der Waals surface area contributed by atoms with E-state index in [2.05, 4.69) is 10.1 Å². The highest BCUT2D eigenvalue weighted by molar-refractivity contribution is 5.44. The van der Waals surface area contributed by atoms with E-state index in [-0.39, 0.29) is 0 Å². The van der Waals surface area contributed by atoms with E-state index in [1.54, 1.807) is 0 Å². The topological polar surface area (TPSA) is 83.4 Å². The highest BCUT2D eigenvalue weighted by Gasteiger charge is 2.35. The lowest BCUT2D eigenvalue weighted by Crippen LogP contribution is -2.34. The van der Waals surface area contributed by atoms with Crippen LogP contribution in [0.5, 0.6) is 11.5 Å². The van der Waals surface area contributed by atoms with Gasteiger partial charge in [0, 0.05) is 0 Å². The molecule has 1 aliphatic heterocycles. The Balaban J connectivity index is 1.53. The van der Waals surface area contributed by atoms with E-state index in [4.69, 9.17) is 19.7 Å². The summed E-state index contributed by atoms with van der Waals surface area (Å²) in [6, 6.07) is 5.87. The monoisotopic (exact) mass is 301 g/mol. The van der Waals surface area contributed by atoms with Crippen LogP contribution in [-0.2, 0) is 12.0 Å². The van der Waals surface area contributed by atoms with Crippen LogP contribution in [0.25, 0.3) is 0 Å². The Hall–Kier alpha value is -2.08. The lowest BCUT2D eigenvalue weighted by atomic mass is 9.99. The number of ether oxygens (including phenoxy) is 2. The van der Waals surface area contributed by atoms with Crippen LogP contribution in [0.1, 0.15) is 43.0 Å². The number of hydrogen-bond acceptors (Lipinski definition) is 6. The SMILES string of the molecule is NC1(c2noc(Cc3ccc4c(c3)OCCO4)n2)CCCC1. The van der Waals surface area contributed by atoms with Crippen molar-refractivity contribution in [3.63, 3.8) is 0 Å². The maximum Gasteiger partial charge on any atom is 0.231 e. The smallest absolute Gasteiger partial charge is 0.231 e. The van der Waals surface area contributed by atoms with Crippen LogP contribution < -0.4 is 15.2 Å². The summed E-state index contributed by atoms with van der Waals surface area (Å²) in [6.07, 6.45) is 4.68. The molecule has 22 heavy (non-hydrogen) atoms. The minimum atomic E-state index is -0.408.